The molecule has 0 saturated carbocycles. The van der Waals surface area contributed by atoms with Crippen LogP contribution in [0.2, 0.25) is 5.02 Å². The largest absolute Gasteiger partial charge is 0.451 e. The van der Waals surface area contributed by atoms with Crippen LogP contribution in [-0.4, -0.2) is 4.98 Å². The summed E-state index contributed by atoms with van der Waals surface area (Å²) >= 11 is 5.93. The van der Waals surface area contributed by atoms with E-state index in [9.17, 15) is 0 Å². The van der Waals surface area contributed by atoms with Gasteiger partial charge in [0.05, 0.1) is 0 Å². The van der Waals surface area contributed by atoms with Gasteiger partial charge in [-0.1, -0.05) is 17.7 Å². The Bertz CT molecular complexity index is 426. The van der Waals surface area contributed by atoms with Crippen LogP contribution in [0, 0.1) is 0 Å². The molecule has 0 fully saturated rings. The fourth-order valence-electron chi connectivity index (χ4n) is 1.25. The highest BCUT2D eigenvalue weighted by molar-refractivity contribution is 6.31. The fourth-order valence-corrected chi connectivity index (χ4v) is 1.44. The third-order valence-electron chi connectivity index (χ3n) is 1.99. The van der Waals surface area contributed by atoms with Crippen LogP contribution in [-0.2, 0) is 6.54 Å². The summed E-state index contributed by atoms with van der Waals surface area (Å²) < 4.78 is 4.90. The standard InChI is InChI=1S/C10H9ClN2O/c11-9-2-1-7(3-8(9)4-12)10-5-14-6-13-10/h1-3,5-6H,4,12H2. The van der Waals surface area contributed by atoms with E-state index in [1.165, 1.54) is 6.39 Å². The van der Waals surface area contributed by atoms with E-state index in [0.29, 0.717) is 11.6 Å². The van der Waals surface area contributed by atoms with Gasteiger partial charge in [0.1, 0.15) is 12.0 Å². The molecule has 0 atom stereocenters. The number of hydrogen-bond acceptors (Lipinski definition) is 3. The molecule has 2 rings (SSSR count). The van der Waals surface area contributed by atoms with E-state index in [-0.39, 0.29) is 0 Å². The molecule has 0 unspecified atom stereocenters. The zero-order chi connectivity index (χ0) is 9.97. The third-order valence-corrected chi connectivity index (χ3v) is 2.36. The van der Waals surface area contributed by atoms with Gasteiger partial charge in [-0.2, -0.15) is 0 Å². The average Bonchev–Trinajstić information content (AvgIpc) is 2.71. The molecular formula is C10H9ClN2O. The molecule has 0 bridgehead atoms. The molecule has 72 valence electrons. The lowest BCUT2D eigenvalue weighted by atomic mass is 10.1. The van der Waals surface area contributed by atoms with Crippen LogP contribution >= 0.6 is 11.6 Å². The van der Waals surface area contributed by atoms with E-state index < -0.39 is 0 Å². The monoisotopic (exact) mass is 208 g/mol. The SMILES string of the molecule is NCc1cc(-c2cocn2)ccc1Cl. The minimum atomic E-state index is 0.421. The van der Waals surface area contributed by atoms with E-state index in [1.807, 2.05) is 18.2 Å². The van der Waals surface area contributed by atoms with Crippen LogP contribution in [0.5, 0.6) is 0 Å². The van der Waals surface area contributed by atoms with Crippen molar-refractivity contribution in [3.8, 4) is 11.3 Å². The lowest BCUT2D eigenvalue weighted by Gasteiger charge is -2.02. The minimum absolute atomic E-state index is 0.421. The molecular weight excluding hydrogens is 200 g/mol. The Kier molecular flexibility index (Phi) is 2.52. The molecule has 1 aromatic heterocycles. The zero-order valence-corrected chi connectivity index (χ0v) is 8.16. The second kappa shape index (κ2) is 3.82. The second-order valence-electron chi connectivity index (χ2n) is 2.88. The third kappa shape index (κ3) is 1.64. The van der Waals surface area contributed by atoms with Crippen molar-refractivity contribution in [2.45, 2.75) is 6.54 Å². The van der Waals surface area contributed by atoms with Crippen molar-refractivity contribution in [2.24, 2.45) is 5.73 Å². The summed E-state index contributed by atoms with van der Waals surface area (Å²) in [5, 5.41) is 0.680. The Morgan fingerprint density at radius 3 is 2.93 bits per heavy atom. The van der Waals surface area contributed by atoms with Crippen molar-refractivity contribution < 1.29 is 4.42 Å². The zero-order valence-electron chi connectivity index (χ0n) is 7.40. The second-order valence-corrected chi connectivity index (χ2v) is 3.29. The Morgan fingerprint density at radius 2 is 2.29 bits per heavy atom. The first-order valence-electron chi connectivity index (χ1n) is 4.18. The summed E-state index contributed by atoms with van der Waals surface area (Å²) in [7, 11) is 0. The smallest absolute Gasteiger partial charge is 0.181 e. The van der Waals surface area contributed by atoms with Crippen molar-refractivity contribution in [3.63, 3.8) is 0 Å². The van der Waals surface area contributed by atoms with Crippen LogP contribution in [0.15, 0.2) is 35.3 Å². The van der Waals surface area contributed by atoms with Crippen molar-refractivity contribution in [3.05, 3.63) is 41.4 Å². The van der Waals surface area contributed by atoms with E-state index in [4.69, 9.17) is 21.8 Å². The molecule has 1 heterocycles. The van der Waals surface area contributed by atoms with Crippen LogP contribution in [0.25, 0.3) is 11.3 Å². The normalized spacial score (nSPS) is 10.4. The van der Waals surface area contributed by atoms with Gasteiger partial charge in [0.2, 0.25) is 0 Å². The van der Waals surface area contributed by atoms with Gasteiger partial charge in [0.25, 0.3) is 0 Å². The summed E-state index contributed by atoms with van der Waals surface area (Å²) in [6, 6.07) is 5.62. The highest BCUT2D eigenvalue weighted by Crippen LogP contribution is 2.23. The first-order chi connectivity index (χ1) is 6.81. The van der Waals surface area contributed by atoms with Gasteiger partial charge in [0.15, 0.2) is 6.39 Å². The molecule has 14 heavy (non-hydrogen) atoms. The molecule has 0 aliphatic rings. The van der Waals surface area contributed by atoms with Gasteiger partial charge in [-0.3, -0.25) is 0 Å². The lowest BCUT2D eigenvalue weighted by Crippen LogP contribution is -1.97. The van der Waals surface area contributed by atoms with E-state index in [1.54, 1.807) is 6.26 Å². The molecule has 0 aliphatic heterocycles. The Balaban J connectivity index is 2.46. The van der Waals surface area contributed by atoms with Gasteiger partial charge < -0.3 is 10.2 Å². The van der Waals surface area contributed by atoms with Gasteiger partial charge in [0, 0.05) is 17.1 Å². The number of aromatic nitrogens is 1. The Hall–Kier alpha value is -1.32. The van der Waals surface area contributed by atoms with E-state index in [2.05, 4.69) is 4.98 Å². The first-order valence-corrected chi connectivity index (χ1v) is 4.56. The molecule has 1 aromatic carbocycles. The van der Waals surface area contributed by atoms with Crippen molar-refractivity contribution in [2.75, 3.05) is 0 Å². The summed E-state index contributed by atoms with van der Waals surface area (Å²) in [5.74, 6) is 0. The molecule has 0 amide bonds. The van der Waals surface area contributed by atoms with Crippen molar-refractivity contribution in [1.29, 1.82) is 0 Å². The highest BCUT2D eigenvalue weighted by atomic mass is 35.5. The number of benzene rings is 1. The van der Waals surface area contributed by atoms with Crippen molar-refractivity contribution in [1.82, 2.24) is 4.98 Å². The van der Waals surface area contributed by atoms with E-state index in [0.717, 1.165) is 16.8 Å². The number of hydrogen-bond donors (Lipinski definition) is 1. The summed E-state index contributed by atoms with van der Waals surface area (Å²) in [5.41, 5.74) is 8.20. The van der Waals surface area contributed by atoms with Crippen LogP contribution in [0.3, 0.4) is 0 Å². The number of nitrogens with two attached hydrogens (primary N) is 1. The van der Waals surface area contributed by atoms with Crippen LogP contribution in [0.4, 0.5) is 0 Å². The Labute approximate surface area is 86.5 Å². The molecule has 0 spiro atoms. The van der Waals surface area contributed by atoms with Crippen molar-refractivity contribution >= 4 is 11.6 Å². The lowest BCUT2D eigenvalue weighted by molar-refractivity contribution is 0.558. The predicted molar refractivity (Wildman–Crippen MR) is 54.8 cm³/mol. The van der Waals surface area contributed by atoms with Gasteiger partial charge in [-0.15, -0.1) is 0 Å². The molecule has 4 heteroatoms. The Morgan fingerprint density at radius 1 is 1.43 bits per heavy atom. The number of halogens is 1. The van der Waals surface area contributed by atoms with Crippen LogP contribution in [0.1, 0.15) is 5.56 Å². The summed E-state index contributed by atoms with van der Waals surface area (Å²) in [4.78, 5) is 4.04. The molecule has 2 N–H and O–H groups in total. The maximum absolute atomic E-state index is 5.93. The maximum Gasteiger partial charge on any atom is 0.181 e. The molecule has 0 saturated heterocycles. The fraction of sp³-hybridized carbons (Fsp3) is 0.100. The molecule has 0 aliphatic carbocycles. The van der Waals surface area contributed by atoms with Crippen LogP contribution < -0.4 is 5.73 Å². The molecule has 2 aromatic rings. The van der Waals surface area contributed by atoms with Gasteiger partial charge >= 0.3 is 0 Å². The number of nitrogens with zero attached hydrogens (tertiary/aromatic N) is 1. The highest BCUT2D eigenvalue weighted by Gasteiger charge is 2.04. The molecule has 3 nitrogen and oxygen atoms in total. The minimum Gasteiger partial charge on any atom is -0.451 e. The topological polar surface area (TPSA) is 52.0 Å². The maximum atomic E-state index is 5.93. The first kappa shape index (κ1) is 9.24. The molecule has 0 radical (unpaired) electrons. The number of rotatable bonds is 2. The predicted octanol–water partition coefficient (Wildman–Crippen LogP) is 2.45. The average molecular weight is 209 g/mol. The van der Waals surface area contributed by atoms with Gasteiger partial charge in [-0.25, -0.2) is 4.98 Å². The number of oxazole rings is 1. The summed E-state index contributed by atoms with van der Waals surface area (Å²) in [6.07, 6.45) is 2.98. The van der Waals surface area contributed by atoms with E-state index >= 15 is 0 Å². The quantitative estimate of drug-likeness (QED) is 0.825. The summed E-state index contributed by atoms with van der Waals surface area (Å²) in [6.45, 7) is 0.421. The van der Waals surface area contributed by atoms with Gasteiger partial charge in [-0.05, 0) is 17.7 Å².